The molecule has 1 heterocycles. The van der Waals surface area contributed by atoms with Crippen LogP contribution in [0.1, 0.15) is 18.2 Å². The minimum absolute atomic E-state index is 0.264. The highest BCUT2D eigenvalue weighted by molar-refractivity contribution is 7.91. The van der Waals surface area contributed by atoms with E-state index in [1.165, 1.54) is 17.4 Å². The molecule has 2 N–H and O–H groups in total. The number of hydrogen-bond acceptors (Lipinski definition) is 4. The number of carboxylic acid groups (broad SMARTS) is 1. The van der Waals surface area contributed by atoms with Crippen LogP contribution in [0.3, 0.4) is 0 Å². The molecule has 1 aromatic heterocycles. The van der Waals surface area contributed by atoms with Crippen molar-refractivity contribution in [2.75, 3.05) is 0 Å². The Hall–Kier alpha value is -1.18. The van der Waals surface area contributed by atoms with E-state index in [2.05, 4.69) is 4.72 Å². The van der Waals surface area contributed by atoms with E-state index in [0.29, 0.717) is 0 Å². The van der Waals surface area contributed by atoms with Gasteiger partial charge in [0, 0.05) is 10.9 Å². The predicted molar refractivity (Wildman–Crippen MR) is 72.7 cm³/mol. The lowest BCUT2D eigenvalue weighted by molar-refractivity contribution is -0.140. The molecule has 0 amide bonds. The highest BCUT2D eigenvalue weighted by atomic mass is 32.2. The number of carbonyl (C=O) groups is 1. The average Bonchev–Trinajstić information content (AvgIpc) is 2.96. The predicted octanol–water partition coefficient (Wildman–Crippen LogP) is 1.62. The van der Waals surface area contributed by atoms with Crippen LogP contribution in [0.25, 0.3) is 0 Å². The Labute approximate surface area is 116 Å². The normalized spacial score (nSPS) is 22.8. The van der Waals surface area contributed by atoms with Gasteiger partial charge in [-0.25, -0.2) is 13.1 Å². The van der Waals surface area contributed by atoms with Gasteiger partial charge in [-0.3, -0.25) is 4.79 Å². The zero-order valence-corrected chi connectivity index (χ0v) is 12.0. The smallest absolute Gasteiger partial charge is 0.310 e. The SMILES string of the molecule is CCc1ccc(S(=O)(=O)NC2C=CC(C(=O)O)C2)s1. The minimum Gasteiger partial charge on any atom is -0.481 e. The molecule has 1 aliphatic carbocycles. The molecule has 2 unspecified atom stereocenters. The summed E-state index contributed by atoms with van der Waals surface area (Å²) in [6, 6.07) is 2.93. The first-order chi connectivity index (χ1) is 8.92. The van der Waals surface area contributed by atoms with Crippen LogP contribution in [0, 0.1) is 5.92 Å². The molecule has 7 heteroatoms. The summed E-state index contributed by atoms with van der Waals surface area (Å²) in [5.41, 5.74) is 0. The van der Waals surface area contributed by atoms with E-state index >= 15 is 0 Å². The Kier molecular flexibility index (Phi) is 4.07. The highest BCUT2D eigenvalue weighted by Crippen LogP contribution is 2.24. The van der Waals surface area contributed by atoms with Crippen LogP contribution < -0.4 is 4.72 Å². The van der Waals surface area contributed by atoms with E-state index in [0.717, 1.165) is 11.3 Å². The highest BCUT2D eigenvalue weighted by Gasteiger charge is 2.28. The third-order valence-electron chi connectivity index (χ3n) is 2.96. The zero-order chi connectivity index (χ0) is 14.0. The van der Waals surface area contributed by atoms with Crippen LogP contribution in [0.4, 0.5) is 0 Å². The zero-order valence-electron chi connectivity index (χ0n) is 10.4. The number of sulfonamides is 1. The Morgan fingerprint density at radius 1 is 1.47 bits per heavy atom. The first-order valence-electron chi connectivity index (χ1n) is 5.94. The molecule has 104 valence electrons. The summed E-state index contributed by atoms with van der Waals surface area (Å²) in [7, 11) is -3.56. The van der Waals surface area contributed by atoms with E-state index in [1.54, 1.807) is 18.2 Å². The van der Waals surface area contributed by atoms with Gasteiger partial charge in [0.1, 0.15) is 4.21 Å². The Morgan fingerprint density at radius 3 is 2.74 bits per heavy atom. The molecule has 0 aliphatic heterocycles. The summed E-state index contributed by atoms with van der Waals surface area (Å²) in [4.78, 5) is 11.8. The molecule has 0 saturated carbocycles. The molecule has 1 aliphatic rings. The molecule has 5 nitrogen and oxygen atoms in total. The molecule has 0 bridgehead atoms. The van der Waals surface area contributed by atoms with Crippen LogP contribution in [0.2, 0.25) is 0 Å². The summed E-state index contributed by atoms with van der Waals surface area (Å²) in [6.45, 7) is 1.97. The molecular formula is C12H15NO4S2. The van der Waals surface area contributed by atoms with Crippen molar-refractivity contribution in [2.24, 2.45) is 5.92 Å². The second kappa shape index (κ2) is 5.44. The minimum atomic E-state index is -3.56. The lowest BCUT2D eigenvalue weighted by Crippen LogP contribution is -2.32. The van der Waals surface area contributed by atoms with Gasteiger partial charge in [-0.2, -0.15) is 0 Å². The molecule has 1 aromatic rings. The van der Waals surface area contributed by atoms with Gasteiger partial charge >= 0.3 is 5.97 Å². The molecule has 2 rings (SSSR count). The number of aryl methyl sites for hydroxylation is 1. The molecular weight excluding hydrogens is 286 g/mol. The lowest BCUT2D eigenvalue weighted by atomic mass is 10.1. The summed E-state index contributed by atoms with van der Waals surface area (Å²) < 4.78 is 27.0. The van der Waals surface area contributed by atoms with E-state index in [-0.39, 0.29) is 10.6 Å². The van der Waals surface area contributed by atoms with Crippen LogP contribution in [-0.2, 0) is 21.2 Å². The van der Waals surface area contributed by atoms with Crippen molar-refractivity contribution < 1.29 is 18.3 Å². The summed E-state index contributed by atoms with van der Waals surface area (Å²) in [6.07, 6.45) is 4.19. The van der Waals surface area contributed by atoms with E-state index in [1.807, 2.05) is 6.92 Å². The van der Waals surface area contributed by atoms with Gasteiger partial charge in [-0.05, 0) is 25.0 Å². The number of thiophene rings is 1. The van der Waals surface area contributed by atoms with Gasteiger partial charge in [0.05, 0.1) is 5.92 Å². The number of nitrogens with one attached hydrogen (secondary N) is 1. The van der Waals surface area contributed by atoms with Crippen molar-refractivity contribution in [1.82, 2.24) is 4.72 Å². The summed E-state index contributed by atoms with van der Waals surface area (Å²) >= 11 is 1.24. The fourth-order valence-corrected chi connectivity index (χ4v) is 4.44. The Bertz CT molecular complexity index is 603. The largest absolute Gasteiger partial charge is 0.481 e. The molecule has 0 aromatic carbocycles. The fraction of sp³-hybridized carbons (Fsp3) is 0.417. The van der Waals surface area contributed by atoms with Crippen LogP contribution in [0.5, 0.6) is 0 Å². The molecule has 2 atom stereocenters. The molecule has 0 spiro atoms. The maximum Gasteiger partial charge on any atom is 0.310 e. The van der Waals surface area contributed by atoms with E-state index in [9.17, 15) is 13.2 Å². The number of carboxylic acids is 1. The van der Waals surface area contributed by atoms with Gasteiger partial charge in [0.2, 0.25) is 0 Å². The first kappa shape index (κ1) is 14.2. The van der Waals surface area contributed by atoms with Crippen LogP contribution in [-0.4, -0.2) is 25.5 Å². The van der Waals surface area contributed by atoms with Gasteiger partial charge in [0.25, 0.3) is 10.0 Å². The van der Waals surface area contributed by atoms with Crippen molar-refractivity contribution in [3.05, 3.63) is 29.2 Å². The standard InChI is InChI=1S/C12H15NO4S2/c1-2-10-5-6-11(18-10)19(16,17)13-9-4-3-8(7-9)12(14)15/h3-6,8-9,13H,2,7H2,1H3,(H,14,15). The second-order valence-electron chi connectivity index (χ2n) is 4.37. The van der Waals surface area contributed by atoms with E-state index < -0.39 is 28.0 Å². The summed E-state index contributed by atoms with van der Waals surface area (Å²) in [5.74, 6) is -1.54. The van der Waals surface area contributed by atoms with Crippen LogP contribution >= 0.6 is 11.3 Å². The Balaban J connectivity index is 2.07. The number of rotatable bonds is 5. The lowest BCUT2D eigenvalue weighted by Gasteiger charge is -2.11. The quantitative estimate of drug-likeness (QED) is 0.810. The first-order valence-corrected chi connectivity index (χ1v) is 8.24. The second-order valence-corrected chi connectivity index (χ2v) is 7.48. The molecule has 0 fully saturated rings. The van der Waals surface area contributed by atoms with Gasteiger partial charge < -0.3 is 5.11 Å². The number of hydrogen-bond donors (Lipinski definition) is 2. The monoisotopic (exact) mass is 301 g/mol. The Morgan fingerprint density at radius 2 is 2.21 bits per heavy atom. The van der Waals surface area contributed by atoms with Gasteiger partial charge in [0.15, 0.2) is 0 Å². The fourth-order valence-electron chi connectivity index (χ4n) is 1.92. The maximum absolute atomic E-state index is 12.1. The third kappa shape index (κ3) is 3.23. The molecule has 0 saturated heterocycles. The van der Waals surface area contributed by atoms with Crippen molar-refractivity contribution in [3.8, 4) is 0 Å². The van der Waals surface area contributed by atoms with E-state index in [4.69, 9.17) is 5.11 Å². The summed E-state index contributed by atoms with van der Waals surface area (Å²) in [5, 5.41) is 8.86. The van der Waals surface area contributed by atoms with Crippen molar-refractivity contribution in [2.45, 2.75) is 30.0 Å². The van der Waals surface area contributed by atoms with Crippen molar-refractivity contribution in [1.29, 1.82) is 0 Å². The molecule has 0 radical (unpaired) electrons. The molecule has 19 heavy (non-hydrogen) atoms. The van der Waals surface area contributed by atoms with Gasteiger partial charge in [-0.15, -0.1) is 11.3 Å². The van der Waals surface area contributed by atoms with Crippen molar-refractivity contribution >= 4 is 27.3 Å². The third-order valence-corrected chi connectivity index (χ3v) is 6.17. The average molecular weight is 301 g/mol. The topological polar surface area (TPSA) is 83.5 Å². The van der Waals surface area contributed by atoms with Gasteiger partial charge in [-0.1, -0.05) is 19.1 Å². The van der Waals surface area contributed by atoms with Crippen molar-refractivity contribution in [3.63, 3.8) is 0 Å². The number of aliphatic carboxylic acids is 1. The maximum atomic E-state index is 12.1. The van der Waals surface area contributed by atoms with Crippen LogP contribution in [0.15, 0.2) is 28.5 Å².